The molecule has 0 saturated carbocycles. The van der Waals surface area contributed by atoms with Crippen LogP contribution in [0.5, 0.6) is 0 Å². The van der Waals surface area contributed by atoms with E-state index in [0.29, 0.717) is 5.56 Å². The Balaban J connectivity index is 1.79. The average Bonchev–Trinajstić information content (AvgIpc) is 2.52. The molecular formula is C18H19NO3. The van der Waals surface area contributed by atoms with Gasteiger partial charge in [0.25, 0.3) is 5.91 Å². The lowest BCUT2D eigenvalue weighted by molar-refractivity contribution is -0.143. The molecule has 0 aliphatic carbocycles. The van der Waals surface area contributed by atoms with Crippen molar-refractivity contribution >= 4 is 11.9 Å². The monoisotopic (exact) mass is 297 g/mol. The Kier molecular flexibility index (Phi) is 5.31. The summed E-state index contributed by atoms with van der Waals surface area (Å²) in [6.45, 7) is 3.98. The number of hydrogen-bond acceptors (Lipinski definition) is 3. The summed E-state index contributed by atoms with van der Waals surface area (Å²) in [5.41, 5.74) is 3.63. The van der Waals surface area contributed by atoms with Crippen LogP contribution in [0.25, 0.3) is 0 Å². The average molecular weight is 297 g/mol. The van der Waals surface area contributed by atoms with Gasteiger partial charge in [0, 0.05) is 5.56 Å². The zero-order valence-corrected chi connectivity index (χ0v) is 12.8. The van der Waals surface area contributed by atoms with Crippen LogP contribution in [-0.2, 0) is 16.1 Å². The Morgan fingerprint density at radius 3 is 2.36 bits per heavy atom. The van der Waals surface area contributed by atoms with E-state index in [1.54, 1.807) is 12.1 Å². The summed E-state index contributed by atoms with van der Waals surface area (Å²) >= 11 is 0. The SMILES string of the molecule is Cc1ccc(C(=O)NCC(=O)OCc2ccccc2C)cc1. The third-order valence-electron chi connectivity index (χ3n) is 3.36. The number of aryl methyl sites for hydroxylation is 2. The Hall–Kier alpha value is -2.62. The van der Waals surface area contributed by atoms with E-state index >= 15 is 0 Å². The highest BCUT2D eigenvalue weighted by Crippen LogP contribution is 2.08. The minimum Gasteiger partial charge on any atom is -0.459 e. The van der Waals surface area contributed by atoms with Crippen LogP contribution in [0, 0.1) is 13.8 Å². The molecular weight excluding hydrogens is 278 g/mol. The normalized spacial score (nSPS) is 10.1. The quantitative estimate of drug-likeness (QED) is 0.863. The molecule has 0 aromatic heterocycles. The molecule has 0 atom stereocenters. The number of ether oxygens (including phenoxy) is 1. The molecule has 22 heavy (non-hydrogen) atoms. The fraction of sp³-hybridized carbons (Fsp3) is 0.222. The van der Waals surface area contributed by atoms with E-state index < -0.39 is 5.97 Å². The van der Waals surface area contributed by atoms with E-state index in [1.165, 1.54) is 0 Å². The number of benzene rings is 2. The molecule has 0 spiro atoms. The molecule has 2 aromatic rings. The first kappa shape index (κ1) is 15.8. The van der Waals surface area contributed by atoms with E-state index in [2.05, 4.69) is 5.32 Å². The van der Waals surface area contributed by atoms with Crippen molar-refractivity contribution in [1.82, 2.24) is 5.32 Å². The maximum atomic E-state index is 11.9. The van der Waals surface area contributed by atoms with Crippen LogP contribution >= 0.6 is 0 Å². The number of esters is 1. The Morgan fingerprint density at radius 1 is 1.00 bits per heavy atom. The summed E-state index contributed by atoms with van der Waals surface area (Å²) in [7, 11) is 0. The highest BCUT2D eigenvalue weighted by molar-refractivity contribution is 5.95. The van der Waals surface area contributed by atoms with Gasteiger partial charge in [-0.15, -0.1) is 0 Å². The van der Waals surface area contributed by atoms with Crippen molar-refractivity contribution in [3.63, 3.8) is 0 Å². The second-order valence-electron chi connectivity index (χ2n) is 5.14. The summed E-state index contributed by atoms with van der Waals surface area (Å²) in [5.74, 6) is -0.739. The zero-order chi connectivity index (χ0) is 15.9. The van der Waals surface area contributed by atoms with Gasteiger partial charge in [0.1, 0.15) is 13.2 Å². The molecule has 2 aromatic carbocycles. The lowest BCUT2D eigenvalue weighted by Crippen LogP contribution is -2.30. The van der Waals surface area contributed by atoms with Crippen LogP contribution < -0.4 is 5.32 Å². The molecule has 0 heterocycles. The summed E-state index contributed by atoms with van der Waals surface area (Å²) < 4.78 is 5.16. The van der Waals surface area contributed by atoms with Gasteiger partial charge < -0.3 is 10.1 Å². The van der Waals surface area contributed by atoms with Gasteiger partial charge in [-0.3, -0.25) is 9.59 Å². The molecule has 1 N–H and O–H groups in total. The van der Waals surface area contributed by atoms with Gasteiger partial charge in [-0.05, 0) is 37.1 Å². The summed E-state index contributed by atoms with van der Waals surface area (Å²) in [4.78, 5) is 23.6. The van der Waals surface area contributed by atoms with E-state index in [0.717, 1.165) is 16.7 Å². The molecule has 1 amide bonds. The molecule has 0 aliphatic heterocycles. The first-order chi connectivity index (χ1) is 10.6. The lowest BCUT2D eigenvalue weighted by atomic mass is 10.1. The summed E-state index contributed by atoms with van der Waals surface area (Å²) in [6, 6.07) is 14.9. The molecule has 4 heteroatoms. The predicted molar refractivity (Wildman–Crippen MR) is 84.5 cm³/mol. The van der Waals surface area contributed by atoms with Gasteiger partial charge >= 0.3 is 5.97 Å². The van der Waals surface area contributed by atoms with Crippen molar-refractivity contribution in [2.45, 2.75) is 20.5 Å². The number of carbonyl (C=O) groups is 2. The molecule has 0 aliphatic rings. The smallest absolute Gasteiger partial charge is 0.325 e. The number of rotatable bonds is 5. The van der Waals surface area contributed by atoms with Crippen molar-refractivity contribution in [3.8, 4) is 0 Å². The van der Waals surface area contributed by atoms with Crippen LogP contribution in [0.15, 0.2) is 48.5 Å². The third-order valence-corrected chi connectivity index (χ3v) is 3.36. The second kappa shape index (κ2) is 7.41. The fourth-order valence-corrected chi connectivity index (χ4v) is 1.94. The lowest BCUT2D eigenvalue weighted by Gasteiger charge is -2.08. The maximum Gasteiger partial charge on any atom is 0.325 e. The van der Waals surface area contributed by atoms with Gasteiger partial charge in [0.05, 0.1) is 0 Å². The number of carbonyl (C=O) groups excluding carboxylic acids is 2. The molecule has 0 fully saturated rings. The van der Waals surface area contributed by atoms with E-state index in [4.69, 9.17) is 4.74 Å². The minimum atomic E-state index is -0.455. The molecule has 114 valence electrons. The first-order valence-electron chi connectivity index (χ1n) is 7.11. The van der Waals surface area contributed by atoms with Gasteiger partial charge in [0.15, 0.2) is 0 Å². The molecule has 0 saturated heterocycles. The highest BCUT2D eigenvalue weighted by atomic mass is 16.5. The molecule has 0 unspecified atom stereocenters. The molecule has 0 bridgehead atoms. The Morgan fingerprint density at radius 2 is 1.68 bits per heavy atom. The minimum absolute atomic E-state index is 0.140. The van der Waals surface area contributed by atoms with Gasteiger partial charge in [0.2, 0.25) is 0 Å². The van der Waals surface area contributed by atoms with Crippen molar-refractivity contribution in [3.05, 3.63) is 70.8 Å². The maximum absolute atomic E-state index is 11.9. The molecule has 2 rings (SSSR count). The number of nitrogens with one attached hydrogen (secondary N) is 1. The van der Waals surface area contributed by atoms with Crippen molar-refractivity contribution < 1.29 is 14.3 Å². The van der Waals surface area contributed by atoms with Crippen LogP contribution in [0.3, 0.4) is 0 Å². The number of amides is 1. The first-order valence-corrected chi connectivity index (χ1v) is 7.11. The van der Waals surface area contributed by atoms with Crippen molar-refractivity contribution in [1.29, 1.82) is 0 Å². The van der Waals surface area contributed by atoms with Crippen LogP contribution in [0.2, 0.25) is 0 Å². The number of hydrogen-bond donors (Lipinski definition) is 1. The topological polar surface area (TPSA) is 55.4 Å². The van der Waals surface area contributed by atoms with E-state index in [9.17, 15) is 9.59 Å². The predicted octanol–water partition coefficient (Wildman–Crippen LogP) is 2.78. The summed E-state index contributed by atoms with van der Waals surface area (Å²) in [5, 5.41) is 2.56. The second-order valence-corrected chi connectivity index (χ2v) is 5.14. The Labute approximate surface area is 130 Å². The van der Waals surface area contributed by atoms with Crippen molar-refractivity contribution in [2.75, 3.05) is 6.54 Å². The Bertz CT molecular complexity index is 662. The van der Waals surface area contributed by atoms with E-state index in [1.807, 2.05) is 50.2 Å². The fourth-order valence-electron chi connectivity index (χ4n) is 1.94. The zero-order valence-electron chi connectivity index (χ0n) is 12.8. The van der Waals surface area contributed by atoms with Crippen molar-refractivity contribution in [2.24, 2.45) is 0 Å². The van der Waals surface area contributed by atoms with E-state index in [-0.39, 0.29) is 19.1 Å². The van der Waals surface area contributed by atoms with Gasteiger partial charge in [-0.1, -0.05) is 42.0 Å². The molecule has 4 nitrogen and oxygen atoms in total. The van der Waals surface area contributed by atoms with Crippen LogP contribution in [0.1, 0.15) is 27.0 Å². The summed E-state index contributed by atoms with van der Waals surface area (Å²) in [6.07, 6.45) is 0. The van der Waals surface area contributed by atoms with Crippen LogP contribution in [0.4, 0.5) is 0 Å². The molecule has 0 radical (unpaired) electrons. The van der Waals surface area contributed by atoms with Gasteiger partial charge in [-0.25, -0.2) is 0 Å². The van der Waals surface area contributed by atoms with Gasteiger partial charge in [-0.2, -0.15) is 0 Å². The third kappa shape index (κ3) is 4.45. The highest BCUT2D eigenvalue weighted by Gasteiger charge is 2.09. The van der Waals surface area contributed by atoms with Crippen LogP contribution in [-0.4, -0.2) is 18.4 Å². The largest absolute Gasteiger partial charge is 0.459 e. The standard InChI is InChI=1S/C18H19NO3/c1-13-7-9-15(10-8-13)18(21)19-11-17(20)22-12-16-6-4-3-5-14(16)2/h3-10H,11-12H2,1-2H3,(H,19,21).